The molecule has 0 saturated carbocycles. The molecule has 0 atom stereocenters. The Kier molecular flexibility index (Phi) is 3.91. The van der Waals surface area contributed by atoms with Crippen molar-refractivity contribution in [2.24, 2.45) is 0 Å². The summed E-state index contributed by atoms with van der Waals surface area (Å²) in [6.07, 6.45) is 0.439. The molecule has 0 spiro atoms. The second-order valence-electron chi connectivity index (χ2n) is 5.15. The van der Waals surface area contributed by atoms with Gasteiger partial charge in [-0.15, -0.1) is 0 Å². The zero-order valence-electron chi connectivity index (χ0n) is 12.1. The molecule has 1 heterocycles. The van der Waals surface area contributed by atoms with E-state index in [4.69, 9.17) is 16.9 Å². The van der Waals surface area contributed by atoms with Crippen molar-refractivity contribution in [2.75, 3.05) is 10.8 Å². The molecular weight excluding hydrogens is 354 g/mol. The third kappa shape index (κ3) is 2.58. The first-order chi connectivity index (χ1) is 11.3. The fourth-order valence-electron chi connectivity index (χ4n) is 2.62. The monoisotopic (exact) mass is 363 g/mol. The van der Waals surface area contributed by atoms with Crippen LogP contribution in [0.4, 0.5) is 11.4 Å². The molecule has 0 amide bonds. The van der Waals surface area contributed by atoms with Crippen molar-refractivity contribution < 1.29 is 13.3 Å². The summed E-state index contributed by atoms with van der Waals surface area (Å²) in [4.78, 5) is 10.2. The fraction of sp³-hybridized carbons (Fsp3) is 0.133. The minimum absolute atomic E-state index is 0.0294. The number of nitro groups is 1. The molecule has 0 bridgehead atoms. The maximum atomic E-state index is 13.0. The number of hydrogen-bond donors (Lipinski definition) is 0. The molecule has 9 heteroatoms. The molecule has 0 aromatic heterocycles. The van der Waals surface area contributed by atoms with Gasteiger partial charge in [0.2, 0.25) is 0 Å². The third-order valence-electron chi connectivity index (χ3n) is 3.76. The first-order valence-electron chi connectivity index (χ1n) is 6.84. The Labute approximate surface area is 142 Å². The summed E-state index contributed by atoms with van der Waals surface area (Å²) in [5, 5.41) is 20.3. The Morgan fingerprint density at radius 1 is 1.25 bits per heavy atom. The van der Waals surface area contributed by atoms with Gasteiger partial charge in [-0.1, -0.05) is 17.7 Å². The summed E-state index contributed by atoms with van der Waals surface area (Å²) in [7, 11) is -4.06. The van der Waals surface area contributed by atoms with Gasteiger partial charge in [-0.3, -0.25) is 14.4 Å². The van der Waals surface area contributed by atoms with E-state index in [-0.39, 0.29) is 33.4 Å². The van der Waals surface area contributed by atoms with Crippen molar-refractivity contribution in [3.8, 4) is 6.07 Å². The van der Waals surface area contributed by atoms with E-state index in [1.165, 1.54) is 30.3 Å². The Hall–Kier alpha value is -2.63. The molecule has 1 aliphatic rings. The van der Waals surface area contributed by atoms with Crippen molar-refractivity contribution in [2.45, 2.75) is 11.3 Å². The van der Waals surface area contributed by atoms with E-state index in [0.29, 0.717) is 12.0 Å². The van der Waals surface area contributed by atoms with Crippen LogP contribution in [0, 0.1) is 21.4 Å². The van der Waals surface area contributed by atoms with Gasteiger partial charge in [0.25, 0.3) is 15.7 Å². The number of rotatable bonds is 3. The fourth-order valence-corrected chi connectivity index (χ4v) is 4.52. The molecule has 1 aliphatic heterocycles. The number of benzene rings is 2. The van der Waals surface area contributed by atoms with Gasteiger partial charge in [-0.2, -0.15) is 5.26 Å². The van der Waals surface area contributed by atoms with Crippen LogP contribution >= 0.6 is 11.6 Å². The number of halogens is 1. The highest BCUT2D eigenvalue weighted by Crippen LogP contribution is 2.36. The lowest BCUT2D eigenvalue weighted by molar-refractivity contribution is -0.384. The molecule has 3 rings (SSSR count). The zero-order valence-corrected chi connectivity index (χ0v) is 13.7. The highest BCUT2D eigenvalue weighted by Gasteiger charge is 2.33. The Morgan fingerprint density at radius 2 is 2.00 bits per heavy atom. The lowest BCUT2D eigenvalue weighted by Gasteiger charge is -2.20. The number of fused-ring (bicyclic) bond motifs is 1. The number of nitro benzene ring substituents is 1. The van der Waals surface area contributed by atoms with Gasteiger partial charge >= 0.3 is 0 Å². The van der Waals surface area contributed by atoms with Gasteiger partial charge < -0.3 is 0 Å². The number of anilines is 1. The highest BCUT2D eigenvalue weighted by molar-refractivity contribution is 7.93. The van der Waals surface area contributed by atoms with Gasteiger partial charge in [0.15, 0.2) is 0 Å². The predicted molar refractivity (Wildman–Crippen MR) is 87.5 cm³/mol. The summed E-state index contributed by atoms with van der Waals surface area (Å²) in [5.74, 6) is 0. The number of sulfonamides is 1. The summed E-state index contributed by atoms with van der Waals surface area (Å²) in [6, 6.07) is 9.93. The average molecular weight is 364 g/mol. The Morgan fingerprint density at radius 3 is 2.67 bits per heavy atom. The zero-order chi connectivity index (χ0) is 17.5. The standard InChI is InChI=1S/C15H10ClN3O4S/c16-12-3-1-11(9-17)15(7-12)24(22,23)18-6-5-10-2-4-13(19(20)21)8-14(10)18/h1-4,7-8H,5-6H2. The second-order valence-corrected chi connectivity index (χ2v) is 7.42. The molecule has 2 aromatic carbocycles. The molecule has 122 valence electrons. The van der Waals surface area contributed by atoms with E-state index in [1.54, 1.807) is 6.07 Å². The van der Waals surface area contributed by atoms with Crippen molar-refractivity contribution in [1.82, 2.24) is 0 Å². The van der Waals surface area contributed by atoms with Crippen LogP contribution < -0.4 is 4.31 Å². The minimum Gasteiger partial charge on any atom is -0.265 e. The first kappa shape index (κ1) is 16.2. The SMILES string of the molecule is N#Cc1ccc(Cl)cc1S(=O)(=O)N1CCc2ccc([N+](=O)[O-])cc21. The maximum absolute atomic E-state index is 13.0. The van der Waals surface area contributed by atoms with Crippen molar-refractivity contribution in [3.05, 3.63) is 62.7 Å². The normalized spacial score (nSPS) is 13.4. The predicted octanol–water partition coefficient (Wildman–Crippen LogP) is 2.87. The van der Waals surface area contributed by atoms with Crippen LogP contribution in [0.5, 0.6) is 0 Å². The molecule has 0 unspecified atom stereocenters. The summed E-state index contributed by atoms with van der Waals surface area (Å²) in [5.41, 5.74) is 0.735. The van der Waals surface area contributed by atoms with Gasteiger partial charge in [-0.05, 0) is 30.2 Å². The summed E-state index contributed by atoms with van der Waals surface area (Å²) in [6.45, 7) is 0.149. The molecule has 0 radical (unpaired) electrons. The van der Waals surface area contributed by atoms with Crippen molar-refractivity contribution in [1.29, 1.82) is 5.26 Å². The van der Waals surface area contributed by atoms with Gasteiger partial charge in [0.05, 0.1) is 16.2 Å². The molecule has 24 heavy (non-hydrogen) atoms. The van der Waals surface area contributed by atoms with Crippen molar-refractivity contribution in [3.63, 3.8) is 0 Å². The quantitative estimate of drug-likeness (QED) is 0.616. The average Bonchev–Trinajstić information content (AvgIpc) is 2.98. The van der Waals surface area contributed by atoms with Gasteiger partial charge in [0.1, 0.15) is 11.0 Å². The molecule has 7 nitrogen and oxygen atoms in total. The number of nitrogens with zero attached hydrogens (tertiary/aromatic N) is 3. The van der Waals surface area contributed by atoms with Crippen molar-refractivity contribution >= 4 is 33.0 Å². The van der Waals surface area contributed by atoms with E-state index < -0.39 is 14.9 Å². The molecule has 0 aliphatic carbocycles. The third-order valence-corrected chi connectivity index (χ3v) is 5.85. The molecule has 0 N–H and O–H groups in total. The smallest absolute Gasteiger partial charge is 0.265 e. The van der Waals surface area contributed by atoms with Crippen LogP contribution in [0.1, 0.15) is 11.1 Å². The number of hydrogen-bond acceptors (Lipinski definition) is 5. The van der Waals surface area contributed by atoms with Crippen LogP contribution in [0.3, 0.4) is 0 Å². The highest BCUT2D eigenvalue weighted by atomic mass is 35.5. The van der Waals surface area contributed by atoms with Crippen LogP contribution in [0.15, 0.2) is 41.3 Å². The molecule has 2 aromatic rings. The maximum Gasteiger partial charge on any atom is 0.271 e. The molecule has 0 saturated heterocycles. The first-order valence-corrected chi connectivity index (χ1v) is 8.66. The summed E-state index contributed by atoms with van der Waals surface area (Å²) < 4.78 is 27.0. The Balaban J connectivity index is 2.15. The van der Waals surface area contributed by atoms with Gasteiger partial charge in [-0.25, -0.2) is 8.42 Å². The number of nitriles is 1. The number of non-ortho nitro benzene ring substituents is 1. The van der Waals surface area contributed by atoms with Crippen LogP contribution in [0.2, 0.25) is 5.02 Å². The van der Waals surface area contributed by atoms with Gasteiger partial charge in [0, 0.05) is 23.7 Å². The largest absolute Gasteiger partial charge is 0.271 e. The van der Waals surface area contributed by atoms with Crippen LogP contribution in [0.25, 0.3) is 0 Å². The lowest BCUT2D eigenvalue weighted by Crippen LogP contribution is -2.29. The van der Waals surface area contributed by atoms with Crippen LogP contribution in [-0.2, 0) is 16.4 Å². The second kappa shape index (κ2) is 5.78. The Bertz CT molecular complexity index is 998. The van der Waals surface area contributed by atoms with Crippen LogP contribution in [-0.4, -0.2) is 19.9 Å². The molecular formula is C15H10ClN3O4S. The summed E-state index contributed by atoms with van der Waals surface area (Å²) >= 11 is 5.87. The minimum atomic E-state index is -4.06. The van der Waals surface area contributed by atoms with E-state index >= 15 is 0 Å². The topological polar surface area (TPSA) is 104 Å². The van der Waals surface area contributed by atoms with E-state index in [2.05, 4.69) is 0 Å². The molecule has 0 fully saturated rings. The lowest BCUT2D eigenvalue weighted by atomic mass is 10.1. The van der Waals surface area contributed by atoms with E-state index in [0.717, 1.165) is 4.31 Å². The van der Waals surface area contributed by atoms with E-state index in [9.17, 15) is 18.5 Å². The van der Waals surface area contributed by atoms with E-state index in [1.807, 2.05) is 6.07 Å².